The molecule has 15 heavy (non-hydrogen) atoms. The molecule has 0 spiro atoms. The molecule has 0 bridgehead atoms. The summed E-state index contributed by atoms with van der Waals surface area (Å²) in [6.07, 6.45) is -2.59. The van der Waals surface area contributed by atoms with Crippen molar-refractivity contribution in [3.05, 3.63) is 28.8 Å². The first kappa shape index (κ1) is 11.7. The molecule has 0 aliphatic rings. The van der Waals surface area contributed by atoms with Crippen molar-refractivity contribution in [1.82, 2.24) is 5.32 Å². The molecular weight excluding hydrogens is 226 g/mol. The standard InChI is InChI=1S/C9H9ClF2N2O/c10-8-5(2-1-3-6(8)13)9(15)14-4-7(11)12/h1-3,7H,4,13H2,(H,14,15). The lowest BCUT2D eigenvalue weighted by Crippen LogP contribution is -2.28. The third-order valence-electron chi connectivity index (χ3n) is 1.69. The van der Waals surface area contributed by atoms with E-state index in [0.29, 0.717) is 0 Å². The smallest absolute Gasteiger partial charge is 0.255 e. The van der Waals surface area contributed by atoms with Crippen molar-refractivity contribution in [2.45, 2.75) is 6.43 Å². The fourth-order valence-electron chi connectivity index (χ4n) is 0.990. The number of alkyl halides is 2. The summed E-state index contributed by atoms with van der Waals surface area (Å²) in [4.78, 5) is 11.3. The molecule has 3 N–H and O–H groups in total. The monoisotopic (exact) mass is 234 g/mol. The van der Waals surface area contributed by atoms with Crippen LogP contribution in [0.5, 0.6) is 0 Å². The lowest BCUT2D eigenvalue weighted by atomic mass is 10.2. The summed E-state index contributed by atoms with van der Waals surface area (Å²) in [7, 11) is 0. The number of nitrogen functional groups attached to an aromatic ring is 1. The molecule has 0 unspecified atom stereocenters. The van der Waals surface area contributed by atoms with Crippen LogP contribution in [0.3, 0.4) is 0 Å². The molecule has 1 aromatic rings. The number of hydrogen-bond acceptors (Lipinski definition) is 2. The fourth-order valence-corrected chi connectivity index (χ4v) is 1.20. The molecule has 0 aliphatic heterocycles. The Hall–Kier alpha value is -1.36. The Morgan fingerprint density at radius 1 is 1.53 bits per heavy atom. The molecule has 6 heteroatoms. The normalized spacial score (nSPS) is 10.4. The molecule has 3 nitrogen and oxygen atoms in total. The summed E-state index contributed by atoms with van der Waals surface area (Å²) in [5, 5.41) is 2.11. The Kier molecular flexibility index (Phi) is 3.85. The number of carbonyl (C=O) groups excluding carboxylic acids is 1. The Morgan fingerprint density at radius 2 is 2.20 bits per heavy atom. The van der Waals surface area contributed by atoms with Gasteiger partial charge < -0.3 is 11.1 Å². The van der Waals surface area contributed by atoms with E-state index >= 15 is 0 Å². The number of amides is 1. The van der Waals surface area contributed by atoms with Gasteiger partial charge in [0.1, 0.15) is 0 Å². The highest BCUT2D eigenvalue weighted by atomic mass is 35.5. The molecule has 0 radical (unpaired) electrons. The van der Waals surface area contributed by atoms with Crippen LogP contribution in [0.4, 0.5) is 14.5 Å². The van der Waals surface area contributed by atoms with Gasteiger partial charge in [-0.1, -0.05) is 17.7 Å². The molecular formula is C9H9ClF2N2O. The quantitative estimate of drug-likeness (QED) is 0.785. The lowest BCUT2D eigenvalue weighted by Gasteiger charge is -2.07. The van der Waals surface area contributed by atoms with Crippen LogP contribution in [0.15, 0.2) is 18.2 Å². The van der Waals surface area contributed by atoms with Gasteiger partial charge >= 0.3 is 0 Å². The second-order valence-corrected chi connectivity index (χ2v) is 3.19. The van der Waals surface area contributed by atoms with Gasteiger partial charge in [0.2, 0.25) is 0 Å². The van der Waals surface area contributed by atoms with Gasteiger partial charge in [0.15, 0.2) is 0 Å². The van der Waals surface area contributed by atoms with Crippen LogP contribution in [0, 0.1) is 0 Å². The molecule has 0 aliphatic carbocycles. The number of carbonyl (C=O) groups is 1. The number of nitrogens with one attached hydrogen (secondary N) is 1. The third-order valence-corrected chi connectivity index (χ3v) is 2.11. The Morgan fingerprint density at radius 3 is 2.80 bits per heavy atom. The highest BCUT2D eigenvalue weighted by Crippen LogP contribution is 2.22. The van der Waals surface area contributed by atoms with E-state index in [-0.39, 0.29) is 16.3 Å². The van der Waals surface area contributed by atoms with Crippen LogP contribution in [-0.4, -0.2) is 18.9 Å². The maximum absolute atomic E-state index is 11.8. The van der Waals surface area contributed by atoms with Gasteiger partial charge in [-0.3, -0.25) is 4.79 Å². The van der Waals surface area contributed by atoms with Gasteiger partial charge in [0.05, 0.1) is 22.8 Å². The Balaban J connectivity index is 2.78. The van der Waals surface area contributed by atoms with Gasteiger partial charge in [-0.05, 0) is 12.1 Å². The minimum atomic E-state index is -2.59. The maximum atomic E-state index is 11.8. The van der Waals surface area contributed by atoms with Crippen LogP contribution in [0.2, 0.25) is 5.02 Å². The van der Waals surface area contributed by atoms with Gasteiger partial charge in [-0.2, -0.15) is 0 Å². The molecule has 82 valence electrons. The van der Waals surface area contributed by atoms with Crippen molar-refractivity contribution >= 4 is 23.2 Å². The largest absolute Gasteiger partial charge is 0.398 e. The predicted molar refractivity (Wildman–Crippen MR) is 54.2 cm³/mol. The molecule has 0 saturated carbocycles. The summed E-state index contributed by atoms with van der Waals surface area (Å²) in [5.74, 6) is -0.660. The lowest BCUT2D eigenvalue weighted by molar-refractivity contribution is 0.0892. The third kappa shape index (κ3) is 3.06. The molecule has 0 saturated heterocycles. The van der Waals surface area contributed by atoms with Gasteiger partial charge in [0.25, 0.3) is 12.3 Å². The average Bonchev–Trinajstić information content (AvgIpc) is 2.18. The van der Waals surface area contributed by atoms with E-state index in [1.54, 1.807) is 0 Å². The number of benzene rings is 1. The van der Waals surface area contributed by atoms with E-state index in [1.165, 1.54) is 18.2 Å². The predicted octanol–water partition coefficient (Wildman–Crippen LogP) is 1.92. The first-order chi connectivity index (χ1) is 7.02. The summed E-state index contributed by atoms with van der Waals surface area (Å²) in [6.45, 7) is -0.704. The van der Waals surface area contributed by atoms with Crippen LogP contribution < -0.4 is 11.1 Å². The van der Waals surface area contributed by atoms with Crippen molar-refractivity contribution in [1.29, 1.82) is 0 Å². The summed E-state index contributed by atoms with van der Waals surface area (Å²) < 4.78 is 23.6. The topological polar surface area (TPSA) is 55.1 Å². The first-order valence-corrected chi connectivity index (χ1v) is 4.50. The summed E-state index contributed by atoms with van der Waals surface area (Å²) in [6, 6.07) is 4.46. The highest BCUT2D eigenvalue weighted by molar-refractivity contribution is 6.36. The zero-order chi connectivity index (χ0) is 11.4. The van der Waals surface area contributed by atoms with E-state index in [2.05, 4.69) is 0 Å². The van der Waals surface area contributed by atoms with Crippen LogP contribution in [-0.2, 0) is 0 Å². The molecule has 1 aromatic carbocycles. The zero-order valence-electron chi connectivity index (χ0n) is 7.64. The number of hydrogen-bond donors (Lipinski definition) is 2. The SMILES string of the molecule is Nc1cccc(C(=O)NCC(F)F)c1Cl. The maximum Gasteiger partial charge on any atom is 0.255 e. The van der Waals surface area contributed by atoms with E-state index in [4.69, 9.17) is 17.3 Å². The molecule has 0 aromatic heterocycles. The fraction of sp³-hybridized carbons (Fsp3) is 0.222. The van der Waals surface area contributed by atoms with Crippen LogP contribution in [0.25, 0.3) is 0 Å². The van der Waals surface area contributed by atoms with Crippen molar-refractivity contribution in [2.75, 3.05) is 12.3 Å². The minimum absolute atomic E-state index is 0.0734. The molecule has 0 fully saturated rings. The summed E-state index contributed by atoms with van der Waals surface area (Å²) >= 11 is 5.73. The Labute approximate surface area is 90.2 Å². The van der Waals surface area contributed by atoms with Crippen LogP contribution in [0.1, 0.15) is 10.4 Å². The van der Waals surface area contributed by atoms with Crippen molar-refractivity contribution < 1.29 is 13.6 Å². The van der Waals surface area contributed by atoms with Crippen molar-refractivity contribution in [3.8, 4) is 0 Å². The van der Waals surface area contributed by atoms with E-state index in [1.807, 2.05) is 5.32 Å². The number of rotatable bonds is 3. The molecule has 1 amide bonds. The van der Waals surface area contributed by atoms with Crippen LogP contribution >= 0.6 is 11.6 Å². The molecule has 0 atom stereocenters. The van der Waals surface area contributed by atoms with Gasteiger partial charge in [-0.15, -0.1) is 0 Å². The van der Waals surface area contributed by atoms with Gasteiger partial charge in [-0.25, -0.2) is 8.78 Å². The Bertz CT molecular complexity index is 371. The number of halogens is 3. The zero-order valence-corrected chi connectivity index (χ0v) is 8.39. The minimum Gasteiger partial charge on any atom is -0.398 e. The second-order valence-electron chi connectivity index (χ2n) is 2.81. The van der Waals surface area contributed by atoms with E-state index in [9.17, 15) is 13.6 Å². The average molecular weight is 235 g/mol. The number of anilines is 1. The number of nitrogens with two attached hydrogens (primary N) is 1. The van der Waals surface area contributed by atoms with Gasteiger partial charge in [0, 0.05) is 0 Å². The van der Waals surface area contributed by atoms with Crippen molar-refractivity contribution in [2.24, 2.45) is 0 Å². The van der Waals surface area contributed by atoms with Crippen molar-refractivity contribution in [3.63, 3.8) is 0 Å². The highest BCUT2D eigenvalue weighted by Gasteiger charge is 2.13. The summed E-state index contributed by atoms with van der Waals surface area (Å²) in [5.41, 5.74) is 5.79. The molecule has 0 heterocycles. The first-order valence-electron chi connectivity index (χ1n) is 4.12. The molecule has 1 rings (SSSR count). The van der Waals surface area contributed by atoms with E-state index < -0.39 is 18.9 Å². The van der Waals surface area contributed by atoms with E-state index in [0.717, 1.165) is 0 Å². The second kappa shape index (κ2) is 4.93.